The van der Waals surface area contributed by atoms with E-state index >= 15 is 0 Å². The van der Waals surface area contributed by atoms with Gasteiger partial charge >= 0.3 is 0 Å². The van der Waals surface area contributed by atoms with Gasteiger partial charge in [0.05, 0.1) is 33.5 Å². The molecule has 2 aromatic heterocycles. The summed E-state index contributed by atoms with van der Waals surface area (Å²) in [6, 6.07) is 23.4. The third-order valence-electron chi connectivity index (χ3n) is 12.3. The molecule has 0 bridgehead atoms. The van der Waals surface area contributed by atoms with Gasteiger partial charge in [-0.2, -0.15) is 0 Å². The monoisotopic (exact) mass is 906 g/mol. The number of pyridine rings is 1. The van der Waals surface area contributed by atoms with E-state index in [-0.39, 0.29) is 50.8 Å². The highest BCUT2D eigenvalue weighted by atomic mass is 16.3. The molecule has 0 amide bonds. The van der Waals surface area contributed by atoms with Crippen molar-refractivity contribution in [1.29, 1.82) is 0 Å². The average Bonchev–Trinajstić information content (AvgIpc) is 0.888. The summed E-state index contributed by atoms with van der Waals surface area (Å²) in [5.74, 6) is -5.25. The van der Waals surface area contributed by atoms with Crippen molar-refractivity contribution in [2.24, 2.45) is 0 Å². The Morgan fingerprint density at radius 3 is 1.90 bits per heavy atom. The van der Waals surface area contributed by atoms with Crippen LogP contribution in [-0.2, 0) is 10.8 Å². The number of hydrogen-bond acceptors (Lipinski definition) is 3. The van der Waals surface area contributed by atoms with Crippen LogP contribution in [0.2, 0.25) is 0 Å². The van der Waals surface area contributed by atoms with Crippen LogP contribution in [0.3, 0.4) is 0 Å². The van der Waals surface area contributed by atoms with Gasteiger partial charge in [-0.15, -0.1) is 0 Å². The largest absolute Gasteiger partial charge is 0.507 e. The predicted molar refractivity (Wildman–Crippen MR) is 286 cm³/mol. The van der Waals surface area contributed by atoms with Crippen LogP contribution in [0.5, 0.6) is 5.75 Å². The van der Waals surface area contributed by atoms with Crippen LogP contribution in [0.1, 0.15) is 187 Å². The van der Waals surface area contributed by atoms with E-state index in [1.54, 1.807) is 121 Å². The first-order valence-electron chi connectivity index (χ1n) is 32.4. The van der Waals surface area contributed by atoms with Gasteiger partial charge in [-0.3, -0.25) is 9.55 Å². The van der Waals surface area contributed by atoms with Gasteiger partial charge in [0.2, 0.25) is 0 Å². The third-order valence-corrected chi connectivity index (χ3v) is 12.3. The Morgan fingerprint density at radius 1 is 0.597 bits per heavy atom. The number of aromatic hydroxyl groups is 1. The molecule has 0 aliphatic heterocycles. The van der Waals surface area contributed by atoms with Gasteiger partial charge in [-0.05, 0) is 157 Å². The first kappa shape index (κ1) is 28.2. The maximum absolute atomic E-state index is 12.5. The molecule has 67 heavy (non-hydrogen) atoms. The Labute approximate surface area is 429 Å². The molecule has 0 saturated heterocycles. The van der Waals surface area contributed by atoms with Gasteiger partial charge in [0.25, 0.3) is 0 Å². The van der Waals surface area contributed by atoms with Crippen molar-refractivity contribution in [2.75, 3.05) is 0 Å². The standard InChI is InChI=1S/C63H71N3O/c1-37(2)45-34-53(40(7)8)60(67)54(35-45)61-65-59-52(20-17-21-57(59)66(61)56-27-24-44(30-41(56)9)58-50(38(3)4)18-16-19-51(58)39(5)6)46-31-47(33-49(32-46)63(13,14)15)55-36-43(28-29-64-55)42-22-25-48(26-23-42)62(10,11)12/h16-40,67H,1-15H3/i9D3,10D3,11D3,12D3,22D,23D,25D,26D,37D,38D,39D,40D. The fourth-order valence-electron chi connectivity index (χ4n) is 8.57. The molecular weight excluding hydrogens is 815 g/mol. The van der Waals surface area contributed by atoms with E-state index in [0.717, 1.165) is 5.56 Å². The second-order valence-corrected chi connectivity index (χ2v) is 19.3. The van der Waals surface area contributed by atoms with Crippen LogP contribution in [0.25, 0.3) is 72.7 Å². The molecule has 0 spiro atoms. The quantitative estimate of drug-likeness (QED) is 0.149. The first-order chi connectivity index (χ1) is 39.5. The van der Waals surface area contributed by atoms with Crippen LogP contribution in [0.15, 0.2) is 127 Å². The summed E-state index contributed by atoms with van der Waals surface area (Å²) in [6.45, 7) is 5.05. The van der Waals surface area contributed by atoms with E-state index in [0.29, 0.717) is 55.5 Å². The zero-order valence-electron chi connectivity index (χ0n) is 60.1. The van der Waals surface area contributed by atoms with E-state index in [2.05, 4.69) is 4.98 Å². The van der Waals surface area contributed by atoms with Gasteiger partial charge in [-0.1, -0.05) is 169 Å². The van der Waals surface area contributed by atoms with Gasteiger partial charge in [0.1, 0.15) is 11.6 Å². The summed E-state index contributed by atoms with van der Waals surface area (Å²) in [5, 5.41) is 12.5. The van der Waals surface area contributed by atoms with Crippen LogP contribution in [-0.4, -0.2) is 19.6 Å². The van der Waals surface area contributed by atoms with Crippen molar-refractivity contribution in [3.05, 3.63) is 166 Å². The number of aromatic nitrogens is 3. The van der Waals surface area contributed by atoms with Crippen molar-refractivity contribution in [1.82, 2.24) is 14.5 Å². The predicted octanol–water partition coefficient (Wildman–Crippen LogP) is 17.9. The first-order valence-corrected chi connectivity index (χ1v) is 22.4. The summed E-state index contributed by atoms with van der Waals surface area (Å²) >= 11 is 0. The Balaban J connectivity index is 1.45. The van der Waals surface area contributed by atoms with E-state index in [1.807, 2.05) is 45.0 Å². The molecule has 0 fully saturated rings. The maximum atomic E-state index is 12.5. The number of phenolic OH excluding ortho intramolecular Hbond substituents is 1. The van der Waals surface area contributed by atoms with Gasteiger partial charge in [0.15, 0.2) is 0 Å². The highest BCUT2D eigenvalue weighted by molar-refractivity contribution is 5.97. The number of nitrogens with zero attached hydrogens (tertiary/aromatic N) is 3. The SMILES string of the molecule is [2H]c1c([2H])c(C(C([2H])([2H])[2H])(C([2H])([2H])[2H])C([2H])([2H])[2H])c([2H])c([2H])c1-c1ccnc(-c2cc(-c3cccc4c3nc(-c3cc(C([2H])(C)C)cc(C([2H])(C)C)c3O)n4-c3ccc(-c4c(C([2H])(C)C)cccc4C([2H])(C)C)cc3C([2H])([2H])[2H])cc(C(C)(C)C)c2)c1. The van der Waals surface area contributed by atoms with E-state index in [1.165, 1.54) is 18.3 Å². The van der Waals surface area contributed by atoms with Crippen LogP contribution < -0.4 is 0 Å². The number of phenols is 1. The minimum atomic E-state index is -3.86. The molecule has 2 heterocycles. The Kier molecular flexibility index (Phi) is 7.60. The van der Waals surface area contributed by atoms with E-state index in [9.17, 15) is 14.7 Å². The number of hydrogen-bond donors (Lipinski definition) is 1. The molecule has 8 rings (SSSR count). The van der Waals surface area contributed by atoms with Crippen molar-refractivity contribution in [3.63, 3.8) is 0 Å². The van der Waals surface area contributed by atoms with Crippen LogP contribution >= 0.6 is 0 Å². The number of para-hydroxylation sites is 1. The zero-order chi connectivity index (χ0) is 65.4. The Bertz CT molecular complexity index is 3920. The maximum Gasteiger partial charge on any atom is 0.149 e. The third kappa shape index (κ3) is 9.25. The fourth-order valence-corrected chi connectivity index (χ4v) is 8.57. The number of fused-ring (bicyclic) bond motifs is 1. The lowest BCUT2D eigenvalue weighted by atomic mass is 9.83. The Morgan fingerprint density at radius 2 is 1.27 bits per heavy atom. The summed E-state index contributed by atoms with van der Waals surface area (Å²) in [5.41, 5.74) is 0.253. The summed E-state index contributed by atoms with van der Waals surface area (Å²) < 4.78 is 177. The molecule has 4 nitrogen and oxygen atoms in total. The summed E-state index contributed by atoms with van der Waals surface area (Å²) in [7, 11) is 0. The highest BCUT2D eigenvalue weighted by Crippen LogP contribution is 2.45. The zero-order valence-corrected chi connectivity index (χ0v) is 40.1. The number of rotatable bonds is 10. The van der Waals surface area contributed by atoms with Crippen molar-refractivity contribution in [2.45, 2.75) is 138 Å². The van der Waals surface area contributed by atoms with Gasteiger partial charge in [0, 0.05) is 39.3 Å². The van der Waals surface area contributed by atoms with Crippen molar-refractivity contribution < 1.29 is 32.5 Å². The van der Waals surface area contributed by atoms with E-state index in [4.69, 9.17) is 22.8 Å². The fraction of sp³-hybridized carbons (Fsp3) is 0.333. The topological polar surface area (TPSA) is 50.9 Å². The average molecular weight is 906 g/mol. The molecule has 0 saturated carbocycles. The molecule has 344 valence electrons. The van der Waals surface area contributed by atoms with Gasteiger partial charge < -0.3 is 5.11 Å². The number of aryl methyl sites for hydroxylation is 1. The lowest BCUT2D eigenvalue weighted by Crippen LogP contribution is -2.11. The number of imidazole rings is 1. The molecule has 0 aliphatic carbocycles. The molecule has 0 atom stereocenters. The second-order valence-electron chi connectivity index (χ2n) is 19.3. The molecule has 0 radical (unpaired) electrons. The van der Waals surface area contributed by atoms with E-state index < -0.39 is 91.5 Å². The molecule has 0 aliphatic rings. The molecule has 1 N–H and O–H groups in total. The lowest BCUT2D eigenvalue weighted by Gasteiger charge is -2.22. The Hall–Kier alpha value is -6.26. The molecule has 8 aromatic rings. The molecule has 4 heteroatoms. The minimum Gasteiger partial charge on any atom is -0.507 e. The molecular formula is C63H71N3O. The number of benzene rings is 6. The summed E-state index contributed by atoms with van der Waals surface area (Å²) in [4.78, 5) is 10.0. The van der Waals surface area contributed by atoms with Crippen LogP contribution in [0, 0.1) is 6.85 Å². The van der Waals surface area contributed by atoms with Crippen molar-refractivity contribution >= 4 is 11.0 Å². The molecule has 0 unspecified atom stereocenters. The molecule has 6 aromatic carbocycles. The van der Waals surface area contributed by atoms with Gasteiger partial charge in [-0.25, -0.2) is 4.98 Å². The van der Waals surface area contributed by atoms with Crippen LogP contribution in [0.4, 0.5) is 0 Å². The highest BCUT2D eigenvalue weighted by Gasteiger charge is 2.26. The smallest absolute Gasteiger partial charge is 0.149 e. The van der Waals surface area contributed by atoms with Crippen molar-refractivity contribution in [3.8, 4) is 67.5 Å². The second kappa shape index (κ2) is 18.1. The summed E-state index contributed by atoms with van der Waals surface area (Å²) in [6.07, 6.45) is 1.36. The minimum absolute atomic E-state index is 0.0507. The normalized spacial score (nSPS) is 18.1. The lowest BCUT2D eigenvalue weighted by molar-refractivity contribution is 0.466.